The number of amides is 2. The van der Waals surface area contributed by atoms with Gasteiger partial charge in [-0.2, -0.15) is 4.31 Å². The Morgan fingerprint density at radius 2 is 1.74 bits per heavy atom. The third-order valence-corrected chi connectivity index (χ3v) is 8.77. The average molecular weight is 519 g/mol. The Kier molecular flexibility index (Phi) is 7.72. The molecule has 0 aliphatic carbocycles. The van der Waals surface area contributed by atoms with Crippen molar-refractivity contribution in [2.24, 2.45) is 5.92 Å². The molecular formula is C23H23ClN4O4S2. The maximum Gasteiger partial charge on any atom is 0.248 e. The molecule has 0 spiro atoms. The van der Waals surface area contributed by atoms with Gasteiger partial charge >= 0.3 is 0 Å². The van der Waals surface area contributed by atoms with Crippen LogP contribution >= 0.6 is 23.4 Å². The number of thioether (sulfide) groups is 1. The van der Waals surface area contributed by atoms with E-state index in [1.54, 1.807) is 6.20 Å². The molecule has 0 atom stereocenters. The van der Waals surface area contributed by atoms with Crippen molar-refractivity contribution in [2.45, 2.75) is 22.6 Å². The molecule has 1 saturated heterocycles. The summed E-state index contributed by atoms with van der Waals surface area (Å²) in [5.41, 5.74) is 5.74. The van der Waals surface area contributed by atoms with Crippen molar-refractivity contribution in [3.63, 3.8) is 0 Å². The van der Waals surface area contributed by atoms with Crippen LogP contribution in [0.2, 0.25) is 5.02 Å². The van der Waals surface area contributed by atoms with Gasteiger partial charge in [-0.15, -0.1) is 11.8 Å². The smallest absolute Gasteiger partial charge is 0.248 e. The Labute approximate surface area is 207 Å². The third-order valence-electron chi connectivity index (χ3n) is 5.56. The van der Waals surface area contributed by atoms with E-state index in [1.807, 2.05) is 30.3 Å². The van der Waals surface area contributed by atoms with Crippen molar-refractivity contribution in [1.29, 1.82) is 0 Å². The summed E-state index contributed by atoms with van der Waals surface area (Å²) in [6.07, 6.45) is 2.44. The second kappa shape index (κ2) is 10.7. The maximum atomic E-state index is 12.8. The Balaban J connectivity index is 1.24. The zero-order valence-electron chi connectivity index (χ0n) is 18.1. The number of sulfonamides is 1. The van der Waals surface area contributed by atoms with Crippen LogP contribution in [0.25, 0.3) is 10.9 Å². The lowest BCUT2D eigenvalue weighted by Crippen LogP contribution is -2.48. The molecule has 2 aromatic carbocycles. The topological polar surface area (TPSA) is 108 Å². The molecule has 1 fully saturated rings. The fraction of sp³-hybridized carbons (Fsp3) is 0.261. The summed E-state index contributed by atoms with van der Waals surface area (Å²) in [7, 11) is -3.64. The van der Waals surface area contributed by atoms with Crippen LogP contribution in [0.5, 0.6) is 0 Å². The van der Waals surface area contributed by atoms with E-state index in [0.717, 1.165) is 15.8 Å². The molecule has 0 unspecified atom stereocenters. The predicted molar refractivity (Wildman–Crippen MR) is 132 cm³/mol. The van der Waals surface area contributed by atoms with Gasteiger partial charge in [-0.3, -0.25) is 25.4 Å². The van der Waals surface area contributed by atoms with Crippen LogP contribution in [0, 0.1) is 5.92 Å². The molecular weight excluding hydrogens is 496 g/mol. The van der Waals surface area contributed by atoms with Gasteiger partial charge in [-0.1, -0.05) is 29.8 Å². The Morgan fingerprint density at radius 1 is 1.03 bits per heavy atom. The summed E-state index contributed by atoms with van der Waals surface area (Å²) in [5.74, 6) is -0.928. The van der Waals surface area contributed by atoms with E-state index in [-0.39, 0.29) is 41.5 Å². The fourth-order valence-electron chi connectivity index (χ4n) is 3.72. The number of piperidine rings is 1. The molecule has 2 amide bonds. The SMILES string of the molecule is O=C(CSc1cccc2cccnc12)NNC(=O)C1CCN(S(=O)(=O)c2ccc(Cl)cc2)CC1. The van der Waals surface area contributed by atoms with Crippen LogP contribution in [0.3, 0.4) is 0 Å². The Morgan fingerprint density at radius 3 is 2.47 bits per heavy atom. The van der Waals surface area contributed by atoms with Gasteiger partial charge in [0.05, 0.1) is 16.2 Å². The van der Waals surface area contributed by atoms with Crippen LogP contribution in [-0.2, 0) is 19.6 Å². The van der Waals surface area contributed by atoms with Gasteiger partial charge in [0, 0.05) is 40.5 Å². The van der Waals surface area contributed by atoms with Gasteiger partial charge < -0.3 is 0 Å². The standard InChI is InChI=1S/C23H23ClN4O4S2/c24-18-6-8-19(9-7-18)34(31,32)28-13-10-17(11-14-28)23(30)27-26-21(29)15-33-20-5-1-3-16-4-2-12-25-22(16)20/h1-9,12,17H,10-11,13-15H2,(H,26,29)(H,27,30). The quantitative estimate of drug-likeness (QED) is 0.383. The van der Waals surface area contributed by atoms with Crippen LogP contribution in [-0.4, -0.2) is 48.4 Å². The number of rotatable bonds is 6. The second-order valence-electron chi connectivity index (χ2n) is 7.79. The first-order valence-corrected chi connectivity index (χ1v) is 13.5. The van der Waals surface area contributed by atoms with Crippen LogP contribution in [0.1, 0.15) is 12.8 Å². The molecule has 1 aromatic heterocycles. The zero-order valence-corrected chi connectivity index (χ0v) is 20.5. The van der Waals surface area contributed by atoms with Crippen LogP contribution in [0.4, 0.5) is 0 Å². The van der Waals surface area contributed by atoms with Gasteiger partial charge in [-0.05, 0) is 49.2 Å². The minimum absolute atomic E-state index is 0.119. The van der Waals surface area contributed by atoms with E-state index in [2.05, 4.69) is 15.8 Å². The number of hydrazine groups is 1. The number of carbonyl (C=O) groups excluding carboxylic acids is 2. The minimum Gasteiger partial charge on any atom is -0.273 e. The first kappa shape index (κ1) is 24.5. The van der Waals surface area contributed by atoms with Gasteiger partial charge in [0.25, 0.3) is 0 Å². The molecule has 2 N–H and O–H groups in total. The Bertz CT molecular complexity index is 1290. The number of hydrogen-bond acceptors (Lipinski definition) is 6. The molecule has 1 aliphatic rings. The highest BCUT2D eigenvalue weighted by atomic mass is 35.5. The molecule has 4 rings (SSSR count). The highest BCUT2D eigenvalue weighted by Gasteiger charge is 2.32. The van der Waals surface area contributed by atoms with Gasteiger partial charge in [0.1, 0.15) is 0 Å². The number of para-hydroxylation sites is 1. The highest BCUT2D eigenvalue weighted by molar-refractivity contribution is 8.00. The first-order chi connectivity index (χ1) is 16.3. The van der Waals surface area contributed by atoms with Gasteiger partial charge in [-0.25, -0.2) is 8.42 Å². The van der Waals surface area contributed by atoms with E-state index in [0.29, 0.717) is 17.9 Å². The minimum atomic E-state index is -3.64. The third kappa shape index (κ3) is 5.69. The summed E-state index contributed by atoms with van der Waals surface area (Å²) in [4.78, 5) is 30.2. The number of fused-ring (bicyclic) bond motifs is 1. The summed E-state index contributed by atoms with van der Waals surface area (Å²) in [6, 6.07) is 15.6. The largest absolute Gasteiger partial charge is 0.273 e. The zero-order chi connectivity index (χ0) is 24.1. The van der Waals surface area contributed by atoms with Crippen molar-refractivity contribution < 1.29 is 18.0 Å². The number of hydrogen-bond donors (Lipinski definition) is 2. The maximum absolute atomic E-state index is 12.8. The predicted octanol–water partition coefficient (Wildman–Crippen LogP) is 3.23. The number of halogens is 1. The van der Waals surface area contributed by atoms with Gasteiger partial charge in [0.15, 0.2) is 0 Å². The molecule has 0 radical (unpaired) electrons. The molecule has 2 heterocycles. The van der Waals surface area contributed by atoms with Crippen molar-refractivity contribution in [3.05, 3.63) is 65.8 Å². The van der Waals surface area contributed by atoms with Crippen LogP contribution in [0.15, 0.2) is 70.6 Å². The van der Waals surface area contributed by atoms with Gasteiger partial charge in [0.2, 0.25) is 21.8 Å². The number of carbonyl (C=O) groups is 2. The highest BCUT2D eigenvalue weighted by Crippen LogP contribution is 2.26. The molecule has 0 bridgehead atoms. The molecule has 34 heavy (non-hydrogen) atoms. The summed E-state index contributed by atoms with van der Waals surface area (Å²) in [6.45, 7) is 0.446. The lowest BCUT2D eigenvalue weighted by molar-refractivity contribution is -0.131. The van der Waals surface area contributed by atoms with E-state index >= 15 is 0 Å². The van der Waals surface area contributed by atoms with E-state index < -0.39 is 10.0 Å². The summed E-state index contributed by atoms with van der Waals surface area (Å²) < 4.78 is 26.9. The van der Waals surface area contributed by atoms with E-state index in [9.17, 15) is 18.0 Å². The number of nitrogens with zero attached hydrogens (tertiary/aromatic N) is 2. The second-order valence-corrected chi connectivity index (χ2v) is 11.2. The van der Waals surface area contributed by atoms with E-state index in [4.69, 9.17) is 11.6 Å². The van der Waals surface area contributed by atoms with Crippen LogP contribution < -0.4 is 10.9 Å². The summed E-state index contributed by atoms with van der Waals surface area (Å²) in [5, 5.41) is 1.45. The number of nitrogens with one attached hydrogen (secondary N) is 2. The summed E-state index contributed by atoms with van der Waals surface area (Å²) >= 11 is 7.18. The van der Waals surface area contributed by atoms with Crippen molar-refractivity contribution in [1.82, 2.24) is 20.1 Å². The lowest BCUT2D eigenvalue weighted by atomic mass is 9.98. The van der Waals surface area contributed by atoms with E-state index in [1.165, 1.54) is 40.3 Å². The number of benzene rings is 2. The first-order valence-electron chi connectivity index (χ1n) is 10.7. The fourth-order valence-corrected chi connectivity index (χ4v) is 6.16. The molecule has 11 heteroatoms. The number of aromatic nitrogens is 1. The molecule has 0 saturated carbocycles. The lowest BCUT2D eigenvalue weighted by Gasteiger charge is -2.30. The number of pyridine rings is 1. The molecule has 178 valence electrons. The molecule has 1 aliphatic heterocycles. The van der Waals surface area contributed by atoms with Crippen molar-refractivity contribution >= 4 is 56.1 Å². The van der Waals surface area contributed by atoms with Crippen molar-refractivity contribution in [2.75, 3.05) is 18.8 Å². The Hall–Kier alpha value is -2.66. The average Bonchev–Trinajstić information content (AvgIpc) is 2.86. The van der Waals surface area contributed by atoms with Crippen molar-refractivity contribution in [3.8, 4) is 0 Å². The monoisotopic (exact) mass is 518 g/mol. The molecule has 3 aromatic rings. The molecule has 8 nitrogen and oxygen atoms in total. The normalized spacial score (nSPS) is 15.2.